The van der Waals surface area contributed by atoms with Crippen molar-refractivity contribution in [3.05, 3.63) is 50.9 Å². The average Bonchev–Trinajstić information content (AvgIpc) is 3.18. The number of amides is 3. The van der Waals surface area contributed by atoms with Crippen molar-refractivity contribution >= 4 is 33.5 Å². The van der Waals surface area contributed by atoms with E-state index < -0.39 is 11.6 Å². The van der Waals surface area contributed by atoms with Gasteiger partial charge in [-0.1, -0.05) is 29.8 Å². The van der Waals surface area contributed by atoms with Crippen LogP contribution in [0.4, 0.5) is 4.79 Å². The molecule has 0 saturated carbocycles. The van der Waals surface area contributed by atoms with Crippen molar-refractivity contribution in [2.75, 3.05) is 13.1 Å². The molecule has 2 fully saturated rings. The van der Waals surface area contributed by atoms with E-state index in [1.165, 1.54) is 16.9 Å². The first-order chi connectivity index (χ1) is 14.8. The van der Waals surface area contributed by atoms with Gasteiger partial charge in [-0.3, -0.25) is 19.8 Å². The van der Waals surface area contributed by atoms with Gasteiger partial charge in [0.05, 0.1) is 11.9 Å². The lowest BCUT2D eigenvalue weighted by Gasteiger charge is -2.37. The highest BCUT2D eigenvalue weighted by atomic mass is 32.1. The Bertz CT molecular complexity index is 1260. The summed E-state index contributed by atoms with van der Waals surface area (Å²) < 4.78 is 0. The Morgan fingerprint density at radius 1 is 1.16 bits per heavy atom. The maximum atomic E-state index is 13.0. The van der Waals surface area contributed by atoms with Crippen LogP contribution >= 0.6 is 11.3 Å². The standard InChI is InChI=1S/C22H23N5O3S/c1-12-4-6-14(7-5-12)16-13(2)31-19-17(16)18(28)23-15(24-19)10-27-9-3-8-22(11-27)20(29)25-21(30)26-22/h4-7H,3,8-11H2,1-2H3,(H,23,24,28)(H2,25,26,29,30). The first-order valence-corrected chi connectivity index (χ1v) is 11.1. The third kappa shape index (κ3) is 3.43. The van der Waals surface area contributed by atoms with Gasteiger partial charge in [0.2, 0.25) is 0 Å². The van der Waals surface area contributed by atoms with Crippen molar-refractivity contribution < 1.29 is 9.59 Å². The summed E-state index contributed by atoms with van der Waals surface area (Å²) in [5.74, 6) is 0.284. The zero-order valence-electron chi connectivity index (χ0n) is 17.4. The Balaban J connectivity index is 1.46. The molecule has 8 nitrogen and oxygen atoms in total. The van der Waals surface area contributed by atoms with E-state index in [4.69, 9.17) is 4.98 Å². The number of piperidine rings is 1. The third-order valence-corrected chi connectivity index (χ3v) is 7.09. The molecule has 5 rings (SSSR count). The smallest absolute Gasteiger partial charge is 0.322 e. The second-order valence-corrected chi connectivity index (χ2v) is 9.60. The minimum atomic E-state index is -0.891. The van der Waals surface area contributed by atoms with Crippen LogP contribution in [0.3, 0.4) is 0 Å². The van der Waals surface area contributed by atoms with Gasteiger partial charge in [0, 0.05) is 17.0 Å². The molecule has 0 radical (unpaired) electrons. The van der Waals surface area contributed by atoms with Crippen LogP contribution in [0.15, 0.2) is 29.1 Å². The summed E-state index contributed by atoms with van der Waals surface area (Å²) in [6, 6.07) is 7.70. The van der Waals surface area contributed by atoms with Crippen molar-refractivity contribution in [3.63, 3.8) is 0 Å². The molecule has 1 spiro atoms. The van der Waals surface area contributed by atoms with Gasteiger partial charge < -0.3 is 10.3 Å². The summed E-state index contributed by atoms with van der Waals surface area (Å²) in [6.07, 6.45) is 1.38. The van der Waals surface area contributed by atoms with E-state index in [0.29, 0.717) is 35.6 Å². The molecule has 2 aliphatic rings. The zero-order chi connectivity index (χ0) is 21.8. The Labute approximate surface area is 182 Å². The number of hydrogen-bond acceptors (Lipinski definition) is 6. The molecule has 0 bridgehead atoms. The van der Waals surface area contributed by atoms with E-state index in [2.05, 4.69) is 20.5 Å². The van der Waals surface area contributed by atoms with Crippen molar-refractivity contribution in [2.24, 2.45) is 0 Å². The number of imide groups is 1. The Morgan fingerprint density at radius 3 is 2.65 bits per heavy atom. The van der Waals surface area contributed by atoms with E-state index in [1.54, 1.807) is 0 Å². The average molecular weight is 438 g/mol. The van der Waals surface area contributed by atoms with Gasteiger partial charge >= 0.3 is 6.03 Å². The van der Waals surface area contributed by atoms with Gasteiger partial charge in [0.15, 0.2) is 0 Å². The van der Waals surface area contributed by atoms with Crippen LogP contribution in [-0.2, 0) is 11.3 Å². The largest absolute Gasteiger partial charge is 0.322 e. The summed E-state index contributed by atoms with van der Waals surface area (Å²) in [7, 11) is 0. The number of likely N-dealkylation sites (tertiary alicyclic amines) is 1. The lowest BCUT2D eigenvalue weighted by Crippen LogP contribution is -2.58. The van der Waals surface area contributed by atoms with Crippen molar-refractivity contribution in [1.82, 2.24) is 25.5 Å². The number of H-pyrrole nitrogens is 1. The van der Waals surface area contributed by atoms with E-state index in [1.807, 2.05) is 38.1 Å². The van der Waals surface area contributed by atoms with Crippen LogP contribution in [0, 0.1) is 13.8 Å². The van der Waals surface area contributed by atoms with Crippen LogP contribution in [0.25, 0.3) is 21.3 Å². The summed E-state index contributed by atoms with van der Waals surface area (Å²) >= 11 is 1.52. The van der Waals surface area contributed by atoms with E-state index >= 15 is 0 Å². The van der Waals surface area contributed by atoms with E-state index in [0.717, 1.165) is 29.0 Å². The van der Waals surface area contributed by atoms with Crippen LogP contribution < -0.4 is 16.2 Å². The number of benzene rings is 1. The predicted molar refractivity (Wildman–Crippen MR) is 119 cm³/mol. The SMILES string of the molecule is Cc1ccc(-c2c(C)sc3nc(CN4CCCC5(C4)NC(=O)NC5=O)[nH]c(=O)c23)cc1. The van der Waals surface area contributed by atoms with Gasteiger partial charge in [-0.05, 0) is 38.8 Å². The number of thiophene rings is 1. The van der Waals surface area contributed by atoms with Crippen LogP contribution in [-0.4, -0.2) is 45.4 Å². The number of nitrogens with zero attached hydrogens (tertiary/aromatic N) is 2. The quantitative estimate of drug-likeness (QED) is 0.546. The second kappa shape index (κ2) is 7.28. The molecule has 2 aromatic heterocycles. The molecular weight excluding hydrogens is 414 g/mol. The Kier molecular flexibility index (Phi) is 4.67. The normalized spacial score (nSPS) is 21.6. The molecule has 1 unspecified atom stereocenters. The lowest BCUT2D eigenvalue weighted by atomic mass is 9.89. The number of aromatic nitrogens is 2. The second-order valence-electron chi connectivity index (χ2n) is 8.40. The highest BCUT2D eigenvalue weighted by Gasteiger charge is 2.48. The van der Waals surface area contributed by atoms with Crippen LogP contribution in [0.5, 0.6) is 0 Å². The van der Waals surface area contributed by atoms with Gasteiger partial charge in [-0.15, -0.1) is 11.3 Å². The van der Waals surface area contributed by atoms with E-state index in [9.17, 15) is 14.4 Å². The molecule has 3 N–H and O–H groups in total. The molecule has 31 heavy (non-hydrogen) atoms. The minimum Gasteiger partial charge on any atom is -0.322 e. The number of urea groups is 1. The predicted octanol–water partition coefficient (Wildman–Crippen LogP) is 2.44. The summed E-state index contributed by atoms with van der Waals surface area (Å²) in [6.45, 7) is 5.62. The zero-order valence-corrected chi connectivity index (χ0v) is 18.2. The molecule has 2 aliphatic heterocycles. The molecule has 2 saturated heterocycles. The monoisotopic (exact) mass is 437 g/mol. The number of aryl methyl sites for hydroxylation is 2. The topological polar surface area (TPSA) is 107 Å². The molecule has 3 amide bonds. The molecule has 1 atom stereocenters. The lowest BCUT2D eigenvalue weighted by molar-refractivity contribution is -0.126. The van der Waals surface area contributed by atoms with Gasteiger partial charge in [0.1, 0.15) is 16.2 Å². The molecule has 160 valence electrons. The highest BCUT2D eigenvalue weighted by Crippen LogP contribution is 2.35. The number of fused-ring (bicyclic) bond motifs is 1. The summed E-state index contributed by atoms with van der Waals surface area (Å²) in [5, 5.41) is 5.73. The Hall–Kier alpha value is -3.04. The first-order valence-electron chi connectivity index (χ1n) is 10.3. The van der Waals surface area contributed by atoms with Gasteiger partial charge in [-0.25, -0.2) is 9.78 Å². The molecule has 9 heteroatoms. The minimum absolute atomic E-state index is 0.154. The Morgan fingerprint density at radius 2 is 1.94 bits per heavy atom. The van der Waals surface area contributed by atoms with Gasteiger partial charge in [-0.2, -0.15) is 0 Å². The fourth-order valence-electron chi connectivity index (χ4n) is 4.61. The van der Waals surface area contributed by atoms with Crippen molar-refractivity contribution in [3.8, 4) is 11.1 Å². The maximum absolute atomic E-state index is 13.0. The number of hydrogen-bond donors (Lipinski definition) is 3. The number of carbonyl (C=O) groups excluding carboxylic acids is 2. The highest BCUT2D eigenvalue weighted by molar-refractivity contribution is 7.19. The molecular formula is C22H23N5O3S. The molecule has 4 heterocycles. The van der Waals surface area contributed by atoms with Crippen LogP contribution in [0.2, 0.25) is 0 Å². The number of carbonyl (C=O) groups is 2. The van der Waals surface area contributed by atoms with Crippen molar-refractivity contribution in [1.29, 1.82) is 0 Å². The first kappa shape index (κ1) is 19.9. The molecule has 3 aromatic rings. The summed E-state index contributed by atoms with van der Waals surface area (Å²) in [4.78, 5) is 48.5. The number of aromatic amines is 1. The van der Waals surface area contributed by atoms with Gasteiger partial charge in [0.25, 0.3) is 11.5 Å². The molecule has 1 aromatic carbocycles. The summed E-state index contributed by atoms with van der Waals surface area (Å²) in [5.41, 5.74) is 2.07. The maximum Gasteiger partial charge on any atom is 0.322 e. The van der Waals surface area contributed by atoms with E-state index in [-0.39, 0.29) is 11.5 Å². The molecule has 0 aliphatic carbocycles. The number of nitrogens with one attached hydrogen (secondary N) is 3. The fraction of sp³-hybridized carbons (Fsp3) is 0.364. The fourth-order valence-corrected chi connectivity index (χ4v) is 5.68. The van der Waals surface area contributed by atoms with Crippen molar-refractivity contribution in [2.45, 2.75) is 38.8 Å². The third-order valence-electron chi connectivity index (χ3n) is 6.09. The van der Waals surface area contributed by atoms with Crippen LogP contribution in [0.1, 0.15) is 29.1 Å². The number of rotatable bonds is 3.